The van der Waals surface area contributed by atoms with E-state index in [0.717, 1.165) is 22.9 Å². The number of rotatable bonds is 5. The second-order valence-electron chi connectivity index (χ2n) is 4.47. The van der Waals surface area contributed by atoms with Crippen LogP contribution < -0.4 is 10.1 Å². The summed E-state index contributed by atoms with van der Waals surface area (Å²) in [5.74, 6) is 0.858. The van der Waals surface area contributed by atoms with Crippen LogP contribution in [0.5, 0.6) is 5.75 Å². The minimum atomic E-state index is 0.282. The normalized spacial score (nSPS) is 12.2. The average molecular weight is 276 g/mol. The first-order valence-corrected chi connectivity index (χ1v) is 6.69. The summed E-state index contributed by atoms with van der Waals surface area (Å²) in [6.07, 6.45) is 0. The topological polar surface area (TPSA) is 21.3 Å². The Kier molecular flexibility index (Phi) is 4.83. The van der Waals surface area contributed by atoms with Gasteiger partial charge in [0.1, 0.15) is 5.75 Å². The van der Waals surface area contributed by atoms with Crippen LogP contribution in [-0.2, 0) is 6.54 Å². The number of benzene rings is 2. The molecule has 3 heteroatoms. The molecule has 0 aliphatic carbocycles. The van der Waals surface area contributed by atoms with Gasteiger partial charge in [-0.1, -0.05) is 41.9 Å². The van der Waals surface area contributed by atoms with Crippen molar-refractivity contribution in [3.05, 3.63) is 64.7 Å². The number of hydrogen-bond donors (Lipinski definition) is 1. The molecule has 1 unspecified atom stereocenters. The highest BCUT2D eigenvalue weighted by atomic mass is 35.5. The molecule has 19 heavy (non-hydrogen) atoms. The number of nitrogens with one attached hydrogen (secondary N) is 1. The van der Waals surface area contributed by atoms with E-state index in [2.05, 4.69) is 24.4 Å². The summed E-state index contributed by atoms with van der Waals surface area (Å²) in [5, 5.41) is 4.21. The van der Waals surface area contributed by atoms with Crippen LogP contribution in [0.4, 0.5) is 0 Å². The molecule has 2 nitrogen and oxygen atoms in total. The van der Waals surface area contributed by atoms with E-state index in [-0.39, 0.29) is 6.04 Å². The molecular weight excluding hydrogens is 258 g/mol. The second kappa shape index (κ2) is 6.60. The van der Waals surface area contributed by atoms with E-state index in [4.69, 9.17) is 16.3 Å². The maximum Gasteiger partial charge on any atom is 0.123 e. The largest absolute Gasteiger partial charge is 0.496 e. The summed E-state index contributed by atoms with van der Waals surface area (Å²) >= 11 is 6.02. The smallest absolute Gasteiger partial charge is 0.123 e. The Balaban J connectivity index is 2.04. The van der Waals surface area contributed by atoms with Crippen LogP contribution in [0.2, 0.25) is 5.02 Å². The summed E-state index contributed by atoms with van der Waals surface area (Å²) in [4.78, 5) is 0. The fourth-order valence-electron chi connectivity index (χ4n) is 2.01. The predicted molar refractivity (Wildman–Crippen MR) is 79.7 cm³/mol. The Labute approximate surface area is 119 Å². The van der Waals surface area contributed by atoms with Gasteiger partial charge in [0.2, 0.25) is 0 Å². The summed E-state index contributed by atoms with van der Waals surface area (Å²) in [5.41, 5.74) is 2.33. The first-order valence-electron chi connectivity index (χ1n) is 6.31. The van der Waals surface area contributed by atoms with Crippen molar-refractivity contribution < 1.29 is 4.74 Å². The molecule has 2 aromatic rings. The molecule has 0 bridgehead atoms. The quantitative estimate of drug-likeness (QED) is 0.883. The highest BCUT2D eigenvalue weighted by Crippen LogP contribution is 2.23. The third-order valence-corrected chi connectivity index (χ3v) is 3.38. The first kappa shape index (κ1) is 13.9. The second-order valence-corrected chi connectivity index (χ2v) is 4.91. The monoisotopic (exact) mass is 275 g/mol. The third-order valence-electron chi connectivity index (χ3n) is 3.14. The van der Waals surface area contributed by atoms with Gasteiger partial charge in [-0.05, 0) is 30.7 Å². The lowest BCUT2D eigenvalue weighted by atomic mass is 10.1. The Morgan fingerprint density at radius 2 is 1.89 bits per heavy atom. The van der Waals surface area contributed by atoms with E-state index in [0.29, 0.717) is 0 Å². The zero-order valence-electron chi connectivity index (χ0n) is 11.2. The molecule has 0 spiro atoms. The fourth-order valence-corrected chi connectivity index (χ4v) is 2.20. The van der Waals surface area contributed by atoms with Crippen molar-refractivity contribution in [2.45, 2.75) is 19.5 Å². The van der Waals surface area contributed by atoms with Crippen molar-refractivity contribution in [2.75, 3.05) is 7.11 Å². The van der Waals surface area contributed by atoms with Crippen LogP contribution in [0.1, 0.15) is 24.1 Å². The predicted octanol–water partition coefficient (Wildman–Crippen LogP) is 4.20. The molecule has 0 aromatic heterocycles. The van der Waals surface area contributed by atoms with Gasteiger partial charge in [0.25, 0.3) is 0 Å². The Hall–Kier alpha value is -1.51. The van der Waals surface area contributed by atoms with Gasteiger partial charge in [-0.3, -0.25) is 0 Å². The minimum absolute atomic E-state index is 0.282. The standard InChI is InChI=1S/C16H18ClNO/c1-12(13-6-4-3-5-7-13)18-11-14-10-15(17)8-9-16(14)19-2/h3-10,12,18H,11H2,1-2H3. The number of hydrogen-bond acceptors (Lipinski definition) is 2. The highest BCUT2D eigenvalue weighted by Gasteiger charge is 2.07. The van der Waals surface area contributed by atoms with Crippen molar-refractivity contribution in [1.29, 1.82) is 0 Å². The van der Waals surface area contributed by atoms with Gasteiger partial charge in [0.15, 0.2) is 0 Å². The van der Waals surface area contributed by atoms with E-state index in [1.165, 1.54) is 5.56 Å². The molecule has 2 aromatic carbocycles. The minimum Gasteiger partial charge on any atom is -0.496 e. The molecule has 0 radical (unpaired) electrons. The first-order chi connectivity index (χ1) is 9.20. The molecule has 0 saturated carbocycles. The van der Waals surface area contributed by atoms with Gasteiger partial charge >= 0.3 is 0 Å². The molecule has 0 amide bonds. The van der Waals surface area contributed by atoms with Gasteiger partial charge in [-0.15, -0.1) is 0 Å². The Bertz CT molecular complexity index is 528. The molecule has 0 heterocycles. The number of halogens is 1. The summed E-state index contributed by atoms with van der Waals surface area (Å²) < 4.78 is 5.34. The van der Waals surface area contributed by atoms with Crippen molar-refractivity contribution in [3.8, 4) is 5.75 Å². The van der Waals surface area contributed by atoms with Gasteiger partial charge in [0, 0.05) is 23.2 Å². The lowest BCUT2D eigenvalue weighted by Gasteiger charge is -2.16. The maximum atomic E-state index is 6.02. The van der Waals surface area contributed by atoms with Crippen molar-refractivity contribution in [2.24, 2.45) is 0 Å². The van der Waals surface area contributed by atoms with Crippen molar-refractivity contribution in [1.82, 2.24) is 5.32 Å². The Morgan fingerprint density at radius 3 is 2.58 bits per heavy atom. The van der Waals surface area contributed by atoms with Crippen LogP contribution in [-0.4, -0.2) is 7.11 Å². The van der Waals surface area contributed by atoms with Gasteiger partial charge < -0.3 is 10.1 Å². The zero-order chi connectivity index (χ0) is 13.7. The molecule has 0 saturated heterocycles. The van der Waals surface area contributed by atoms with Crippen LogP contribution >= 0.6 is 11.6 Å². The van der Waals surface area contributed by atoms with Gasteiger partial charge in [-0.2, -0.15) is 0 Å². The van der Waals surface area contributed by atoms with E-state index >= 15 is 0 Å². The van der Waals surface area contributed by atoms with Gasteiger partial charge in [-0.25, -0.2) is 0 Å². The van der Waals surface area contributed by atoms with E-state index < -0.39 is 0 Å². The van der Waals surface area contributed by atoms with Crippen LogP contribution in [0.25, 0.3) is 0 Å². The average Bonchev–Trinajstić information content (AvgIpc) is 2.46. The third kappa shape index (κ3) is 3.72. The SMILES string of the molecule is COc1ccc(Cl)cc1CNC(C)c1ccccc1. The summed E-state index contributed by atoms with van der Waals surface area (Å²) in [6, 6.07) is 16.3. The van der Waals surface area contributed by atoms with Crippen molar-refractivity contribution in [3.63, 3.8) is 0 Å². The summed E-state index contributed by atoms with van der Waals surface area (Å²) in [7, 11) is 1.67. The lowest BCUT2D eigenvalue weighted by molar-refractivity contribution is 0.406. The van der Waals surface area contributed by atoms with Crippen LogP contribution in [0.15, 0.2) is 48.5 Å². The van der Waals surface area contributed by atoms with Gasteiger partial charge in [0.05, 0.1) is 7.11 Å². The molecule has 0 aliphatic rings. The van der Waals surface area contributed by atoms with Crippen molar-refractivity contribution >= 4 is 11.6 Å². The van der Waals surface area contributed by atoms with E-state index in [9.17, 15) is 0 Å². The van der Waals surface area contributed by atoms with E-state index in [1.54, 1.807) is 7.11 Å². The number of methoxy groups -OCH3 is 1. The molecular formula is C16H18ClNO. The molecule has 1 N–H and O–H groups in total. The molecule has 1 atom stereocenters. The molecule has 0 fully saturated rings. The molecule has 0 aliphatic heterocycles. The number of ether oxygens (including phenoxy) is 1. The zero-order valence-corrected chi connectivity index (χ0v) is 11.9. The molecule has 2 rings (SSSR count). The van der Waals surface area contributed by atoms with Crippen LogP contribution in [0, 0.1) is 0 Å². The fraction of sp³-hybridized carbons (Fsp3) is 0.250. The highest BCUT2D eigenvalue weighted by molar-refractivity contribution is 6.30. The lowest BCUT2D eigenvalue weighted by Crippen LogP contribution is -2.18. The molecule has 100 valence electrons. The summed E-state index contributed by atoms with van der Waals surface area (Å²) in [6.45, 7) is 2.87. The van der Waals surface area contributed by atoms with Crippen LogP contribution in [0.3, 0.4) is 0 Å². The Morgan fingerprint density at radius 1 is 1.16 bits per heavy atom. The maximum absolute atomic E-state index is 6.02. The van der Waals surface area contributed by atoms with E-state index in [1.807, 2.05) is 36.4 Å².